The van der Waals surface area contributed by atoms with Gasteiger partial charge in [0.15, 0.2) is 0 Å². The number of methoxy groups -OCH3 is 1. The van der Waals surface area contributed by atoms with Gasteiger partial charge in [-0.25, -0.2) is 0 Å². The van der Waals surface area contributed by atoms with E-state index in [4.69, 9.17) is 9.47 Å². The fourth-order valence-electron chi connectivity index (χ4n) is 3.94. The molecule has 2 aliphatic rings. The summed E-state index contributed by atoms with van der Waals surface area (Å²) >= 11 is 0. The van der Waals surface area contributed by atoms with Crippen LogP contribution in [0.5, 0.6) is 11.5 Å². The third-order valence-electron chi connectivity index (χ3n) is 5.32. The van der Waals surface area contributed by atoms with Gasteiger partial charge in [0.1, 0.15) is 11.5 Å². The molecule has 0 spiro atoms. The number of carbonyl (C=O) groups excluding carboxylic acids is 1. The molecule has 2 aromatic carbocycles. The monoisotopic (exact) mass is 388 g/mol. The third kappa shape index (κ3) is 2.37. The number of fused-ring (bicyclic) bond motifs is 6. The summed E-state index contributed by atoms with van der Waals surface area (Å²) in [5.41, 5.74) is 1.73. The van der Waals surface area contributed by atoms with E-state index in [-0.39, 0.29) is 11.3 Å². The maximum absolute atomic E-state index is 13.0. The van der Waals surface area contributed by atoms with Gasteiger partial charge in [0.2, 0.25) is 6.23 Å². The van der Waals surface area contributed by atoms with Crippen LogP contribution in [-0.2, 0) is 12.6 Å². The molecule has 5 rings (SSSR count). The average Bonchev–Trinajstić information content (AvgIpc) is 3.05. The largest absolute Gasteiger partial charge is 0.497 e. The molecule has 0 saturated heterocycles. The molecule has 8 heteroatoms. The number of hydrogen-bond acceptors (Lipinski definition) is 3. The van der Waals surface area contributed by atoms with Crippen molar-refractivity contribution in [2.75, 3.05) is 13.7 Å². The van der Waals surface area contributed by atoms with Crippen molar-refractivity contribution in [3.63, 3.8) is 0 Å². The zero-order valence-electron chi connectivity index (χ0n) is 14.8. The SMILES string of the molecule is COc1ccc2[nH]c3c(c2c1)CCN1C(=O)c2cc(C(F)(F)F)ccc2OC31. The minimum atomic E-state index is -4.52. The molecule has 3 heterocycles. The molecule has 2 aliphatic heterocycles. The third-order valence-corrected chi connectivity index (χ3v) is 5.32. The maximum atomic E-state index is 13.0. The molecule has 0 bridgehead atoms. The second-order valence-corrected chi connectivity index (χ2v) is 6.86. The van der Waals surface area contributed by atoms with Gasteiger partial charge in [-0.15, -0.1) is 0 Å². The molecule has 1 atom stereocenters. The van der Waals surface area contributed by atoms with Crippen molar-refractivity contribution in [2.45, 2.75) is 18.8 Å². The standard InChI is InChI=1S/C20H15F3N2O3/c1-27-11-3-4-15-13(9-11)12-6-7-25-18(26)14-8-10(20(21,22)23)2-5-16(14)28-19(25)17(12)24-15/h2-5,8-9,19,24H,6-7H2,1H3. The van der Waals surface area contributed by atoms with Gasteiger partial charge in [0.05, 0.1) is 23.9 Å². The number of aromatic nitrogens is 1. The van der Waals surface area contributed by atoms with Crippen LogP contribution in [0, 0.1) is 0 Å². The summed E-state index contributed by atoms with van der Waals surface area (Å²) in [5, 5.41) is 0.989. The molecule has 0 aliphatic carbocycles. The van der Waals surface area contributed by atoms with Crippen molar-refractivity contribution in [2.24, 2.45) is 0 Å². The number of nitrogens with one attached hydrogen (secondary N) is 1. The Balaban J connectivity index is 1.60. The van der Waals surface area contributed by atoms with Gasteiger partial charge in [0.25, 0.3) is 5.91 Å². The minimum absolute atomic E-state index is 0.0627. The first-order valence-corrected chi connectivity index (χ1v) is 8.74. The van der Waals surface area contributed by atoms with Gasteiger partial charge >= 0.3 is 6.18 Å². The van der Waals surface area contributed by atoms with E-state index in [0.29, 0.717) is 13.0 Å². The van der Waals surface area contributed by atoms with Gasteiger partial charge in [-0.3, -0.25) is 9.69 Å². The van der Waals surface area contributed by atoms with Gasteiger partial charge in [-0.2, -0.15) is 13.2 Å². The van der Waals surface area contributed by atoms with Crippen molar-refractivity contribution >= 4 is 16.8 Å². The number of alkyl halides is 3. The second kappa shape index (κ2) is 5.67. The summed E-state index contributed by atoms with van der Waals surface area (Å²) < 4.78 is 50.3. The Hall–Kier alpha value is -3.16. The summed E-state index contributed by atoms with van der Waals surface area (Å²) in [5.74, 6) is 0.421. The van der Waals surface area contributed by atoms with E-state index in [9.17, 15) is 18.0 Å². The molecule has 3 aromatic rings. The Labute approximate surface area is 157 Å². The first-order valence-electron chi connectivity index (χ1n) is 8.74. The molecule has 144 valence electrons. The number of benzene rings is 2. The summed E-state index contributed by atoms with van der Waals surface area (Å²) in [4.78, 5) is 17.7. The number of nitrogens with zero attached hydrogens (tertiary/aromatic N) is 1. The van der Waals surface area contributed by atoms with E-state index >= 15 is 0 Å². The number of aromatic amines is 1. The summed E-state index contributed by atoms with van der Waals surface area (Å²) in [6, 6.07) is 8.66. The van der Waals surface area contributed by atoms with E-state index < -0.39 is 23.9 Å². The highest BCUT2D eigenvalue weighted by molar-refractivity contribution is 5.99. The van der Waals surface area contributed by atoms with Crippen molar-refractivity contribution in [3.8, 4) is 11.5 Å². The van der Waals surface area contributed by atoms with Crippen LogP contribution in [0.25, 0.3) is 10.9 Å². The topological polar surface area (TPSA) is 54.6 Å². The van der Waals surface area contributed by atoms with Crippen molar-refractivity contribution in [1.82, 2.24) is 9.88 Å². The van der Waals surface area contributed by atoms with Crippen molar-refractivity contribution in [1.29, 1.82) is 0 Å². The van der Waals surface area contributed by atoms with E-state index in [1.165, 1.54) is 11.0 Å². The highest BCUT2D eigenvalue weighted by atomic mass is 19.4. The van der Waals surface area contributed by atoms with Crippen LogP contribution in [0.3, 0.4) is 0 Å². The Morgan fingerprint density at radius 3 is 2.79 bits per heavy atom. The highest BCUT2D eigenvalue weighted by Crippen LogP contribution is 2.43. The molecular formula is C20H15F3N2O3. The number of amides is 1. The molecule has 1 unspecified atom stereocenters. The fraction of sp³-hybridized carbons (Fsp3) is 0.250. The van der Waals surface area contributed by atoms with Crippen LogP contribution >= 0.6 is 0 Å². The number of H-pyrrole nitrogens is 1. The van der Waals surface area contributed by atoms with Crippen LogP contribution in [-0.4, -0.2) is 29.4 Å². The molecule has 1 N–H and O–H groups in total. The molecular weight excluding hydrogens is 373 g/mol. The van der Waals surface area contributed by atoms with E-state index in [0.717, 1.165) is 40.0 Å². The number of carbonyl (C=O) groups is 1. The van der Waals surface area contributed by atoms with Gasteiger partial charge in [0, 0.05) is 17.4 Å². The first kappa shape index (κ1) is 17.0. The van der Waals surface area contributed by atoms with E-state index in [1.54, 1.807) is 7.11 Å². The Morgan fingerprint density at radius 1 is 1.21 bits per heavy atom. The Morgan fingerprint density at radius 2 is 2.04 bits per heavy atom. The van der Waals surface area contributed by atoms with Crippen LogP contribution in [0.1, 0.15) is 33.4 Å². The Bertz CT molecular complexity index is 1120. The predicted octanol–water partition coefficient (Wildman–Crippen LogP) is 4.28. The fourth-order valence-corrected chi connectivity index (χ4v) is 3.94. The summed E-state index contributed by atoms with van der Waals surface area (Å²) in [6.45, 7) is 0.357. The average molecular weight is 388 g/mol. The molecule has 1 aromatic heterocycles. The smallest absolute Gasteiger partial charge is 0.416 e. The summed E-state index contributed by atoms with van der Waals surface area (Å²) in [7, 11) is 1.59. The summed E-state index contributed by atoms with van der Waals surface area (Å²) in [6.07, 6.45) is -4.64. The number of rotatable bonds is 1. The lowest BCUT2D eigenvalue weighted by atomic mass is 9.98. The number of ether oxygens (including phenoxy) is 2. The number of hydrogen-bond donors (Lipinski definition) is 1. The lowest BCUT2D eigenvalue weighted by Crippen LogP contribution is -2.45. The highest BCUT2D eigenvalue weighted by Gasteiger charge is 2.41. The van der Waals surface area contributed by atoms with Gasteiger partial charge in [-0.05, 0) is 48.4 Å². The molecule has 28 heavy (non-hydrogen) atoms. The first-order chi connectivity index (χ1) is 13.4. The van der Waals surface area contributed by atoms with Crippen LogP contribution < -0.4 is 9.47 Å². The molecule has 0 fully saturated rings. The van der Waals surface area contributed by atoms with E-state index in [1.807, 2.05) is 18.2 Å². The van der Waals surface area contributed by atoms with Crippen LogP contribution in [0.15, 0.2) is 36.4 Å². The zero-order chi connectivity index (χ0) is 19.6. The minimum Gasteiger partial charge on any atom is -0.497 e. The molecule has 0 radical (unpaired) electrons. The lowest BCUT2D eigenvalue weighted by molar-refractivity contribution is -0.137. The van der Waals surface area contributed by atoms with Gasteiger partial charge < -0.3 is 14.5 Å². The molecule has 0 saturated carbocycles. The van der Waals surface area contributed by atoms with Crippen LogP contribution in [0.2, 0.25) is 0 Å². The lowest BCUT2D eigenvalue weighted by Gasteiger charge is -2.39. The maximum Gasteiger partial charge on any atom is 0.416 e. The normalized spacial score (nSPS) is 18.4. The van der Waals surface area contributed by atoms with Crippen LogP contribution in [0.4, 0.5) is 13.2 Å². The second-order valence-electron chi connectivity index (χ2n) is 6.86. The van der Waals surface area contributed by atoms with E-state index in [2.05, 4.69) is 4.98 Å². The van der Waals surface area contributed by atoms with Crippen molar-refractivity contribution < 1.29 is 27.4 Å². The molecule has 1 amide bonds. The Kier molecular flexibility index (Phi) is 3.44. The molecule has 5 nitrogen and oxygen atoms in total. The predicted molar refractivity (Wildman–Crippen MR) is 94.4 cm³/mol. The van der Waals surface area contributed by atoms with Gasteiger partial charge in [-0.1, -0.05) is 0 Å². The zero-order valence-corrected chi connectivity index (χ0v) is 14.8. The quantitative estimate of drug-likeness (QED) is 0.677. The van der Waals surface area contributed by atoms with Crippen molar-refractivity contribution in [3.05, 3.63) is 58.8 Å². The number of halogens is 3.